The number of hydrogen-bond acceptors (Lipinski definition) is 1. The second-order valence-electron chi connectivity index (χ2n) is 5.21. The molecule has 0 aliphatic heterocycles. The summed E-state index contributed by atoms with van der Waals surface area (Å²) in [6.45, 7) is 2.43. The summed E-state index contributed by atoms with van der Waals surface area (Å²) in [4.78, 5) is 0. The van der Waals surface area contributed by atoms with Crippen LogP contribution in [0.1, 0.15) is 64.7 Å². The molecule has 0 saturated heterocycles. The Morgan fingerprint density at radius 1 is 0.867 bits per heavy atom. The highest BCUT2D eigenvalue weighted by atomic mass is 127. The maximum Gasteiger partial charge on any atom is 0.0201 e. The lowest BCUT2D eigenvalue weighted by atomic mass is 9.97. The van der Waals surface area contributed by atoms with E-state index in [0.29, 0.717) is 0 Å². The van der Waals surface area contributed by atoms with Gasteiger partial charge in [-0.25, -0.2) is 3.11 Å². The van der Waals surface area contributed by atoms with Crippen LogP contribution in [0, 0.1) is 5.92 Å². The first-order valence-electron chi connectivity index (χ1n) is 6.58. The van der Waals surface area contributed by atoms with Crippen LogP contribution < -0.4 is 0 Å². The van der Waals surface area contributed by atoms with Gasteiger partial charge in [0, 0.05) is 28.9 Å². The molecule has 2 heteroatoms. The lowest BCUT2D eigenvalue weighted by molar-refractivity contribution is 0.363. The molecule has 2 unspecified atom stereocenters. The van der Waals surface area contributed by atoms with E-state index >= 15 is 0 Å². The second kappa shape index (κ2) is 7.88. The summed E-state index contributed by atoms with van der Waals surface area (Å²) in [6.07, 6.45) is 13.0. The molecule has 1 aliphatic carbocycles. The smallest absolute Gasteiger partial charge is 0.0201 e. The van der Waals surface area contributed by atoms with Crippen LogP contribution in [0.15, 0.2) is 0 Å². The van der Waals surface area contributed by atoms with Gasteiger partial charge in [0.2, 0.25) is 0 Å². The fourth-order valence-electron chi connectivity index (χ4n) is 2.57. The van der Waals surface area contributed by atoms with E-state index in [1.807, 2.05) is 0 Å². The van der Waals surface area contributed by atoms with Crippen LogP contribution in [0.2, 0.25) is 0 Å². The summed E-state index contributed by atoms with van der Waals surface area (Å²) in [6, 6.07) is 0.832. The highest BCUT2D eigenvalue weighted by Gasteiger charge is 2.13. The van der Waals surface area contributed by atoms with Crippen molar-refractivity contribution < 1.29 is 0 Å². The maximum absolute atomic E-state index is 2.46. The summed E-state index contributed by atoms with van der Waals surface area (Å²) >= 11 is 2.46. The predicted octanol–water partition coefficient (Wildman–Crippen LogP) is 4.80. The second-order valence-corrected chi connectivity index (χ2v) is 6.73. The zero-order valence-electron chi connectivity index (χ0n) is 10.3. The Morgan fingerprint density at radius 2 is 1.33 bits per heavy atom. The minimum atomic E-state index is 0.832. The van der Waals surface area contributed by atoms with Crippen molar-refractivity contribution in [3.63, 3.8) is 0 Å². The van der Waals surface area contributed by atoms with Crippen LogP contribution in [0.5, 0.6) is 0 Å². The van der Waals surface area contributed by atoms with Crippen LogP contribution >= 0.6 is 22.9 Å². The number of rotatable bonds is 1. The van der Waals surface area contributed by atoms with E-state index in [2.05, 4.69) is 39.9 Å². The van der Waals surface area contributed by atoms with E-state index < -0.39 is 0 Å². The molecule has 90 valence electrons. The molecule has 1 aliphatic rings. The Hall–Kier alpha value is 0.690. The molecule has 1 nitrogen and oxygen atoms in total. The normalized spacial score (nSPS) is 31.2. The van der Waals surface area contributed by atoms with Crippen molar-refractivity contribution in [3.8, 4) is 0 Å². The number of nitrogens with zero attached hydrogens (tertiary/aromatic N) is 1. The molecular formula is C13H26IN. The lowest BCUT2D eigenvalue weighted by Gasteiger charge is -2.22. The van der Waals surface area contributed by atoms with Crippen molar-refractivity contribution >= 4 is 22.9 Å². The fraction of sp³-hybridized carbons (Fsp3) is 1.00. The summed E-state index contributed by atoms with van der Waals surface area (Å²) in [5.41, 5.74) is 0. The minimum absolute atomic E-state index is 0.832. The van der Waals surface area contributed by atoms with Gasteiger partial charge >= 0.3 is 0 Å². The Balaban J connectivity index is 2.33. The van der Waals surface area contributed by atoms with E-state index in [1.54, 1.807) is 0 Å². The molecule has 0 heterocycles. The largest absolute Gasteiger partial charge is 0.248 e. The van der Waals surface area contributed by atoms with Crippen molar-refractivity contribution in [1.29, 1.82) is 0 Å². The van der Waals surface area contributed by atoms with Gasteiger partial charge in [0.15, 0.2) is 0 Å². The molecule has 0 bridgehead atoms. The fourth-order valence-corrected chi connectivity index (χ4v) is 3.12. The van der Waals surface area contributed by atoms with E-state index in [1.165, 1.54) is 57.8 Å². The zero-order valence-corrected chi connectivity index (χ0v) is 12.5. The van der Waals surface area contributed by atoms with Gasteiger partial charge < -0.3 is 0 Å². The number of halogens is 1. The Kier molecular flexibility index (Phi) is 7.23. The molecule has 0 N–H and O–H groups in total. The lowest BCUT2D eigenvalue weighted by Crippen LogP contribution is -2.22. The van der Waals surface area contributed by atoms with Gasteiger partial charge in [0.25, 0.3) is 0 Å². The van der Waals surface area contributed by atoms with E-state index in [9.17, 15) is 0 Å². The third-order valence-corrected chi connectivity index (χ3v) is 4.51. The standard InChI is InChI=1S/C13H26IN/c1-12-8-4-3-5-10-13(15(2)14)11-7-6-9-12/h12-13H,3-11H2,1-2H3. The van der Waals surface area contributed by atoms with Crippen molar-refractivity contribution in [2.24, 2.45) is 5.92 Å². The first kappa shape index (κ1) is 13.8. The average molecular weight is 323 g/mol. The quantitative estimate of drug-likeness (QED) is 0.495. The highest BCUT2D eigenvalue weighted by Crippen LogP contribution is 2.23. The van der Waals surface area contributed by atoms with Crippen LogP contribution in [0.4, 0.5) is 0 Å². The molecule has 15 heavy (non-hydrogen) atoms. The van der Waals surface area contributed by atoms with Gasteiger partial charge in [-0.3, -0.25) is 0 Å². The first-order valence-corrected chi connectivity index (χ1v) is 7.55. The molecule has 0 amide bonds. The molecular weight excluding hydrogens is 297 g/mol. The molecule has 0 aromatic heterocycles. The Morgan fingerprint density at radius 3 is 1.93 bits per heavy atom. The van der Waals surface area contributed by atoms with E-state index in [4.69, 9.17) is 0 Å². The molecule has 1 rings (SSSR count). The molecule has 1 saturated carbocycles. The predicted molar refractivity (Wildman–Crippen MR) is 76.3 cm³/mol. The Bertz CT molecular complexity index is 159. The first-order chi connectivity index (χ1) is 7.20. The zero-order chi connectivity index (χ0) is 11.1. The van der Waals surface area contributed by atoms with Gasteiger partial charge in [-0.2, -0.15) is 0 Å². The minimum Gasteiger partial charge on any atom is -0.248 e. The highest BCUT2D eigenvalue weighted by molar-refractivity contribution is 14.1. The van der Waals surface area contributed by atoms with Crippen LogP contribution in [-0.2, 0) is 0 Å². The van der Waals surface area contributed by atoms with Crippen molar-refractivity contribution in [1.82, 2.24) is 3.11 Å². The molecule has 0 radical (unpaired) electrons. The molecule has 2 atom stereocenters. The van der Waals surface area contributed by atoms with E-state index in [-0.39, 0.29) is 0 Å². The summed E-state index contributed by atoms with van der Waals surface area (Å²) < 4.78 is 2.40. The molecule has 0 aromatic carbocycles. The van der Waals surface area contributed by atoms with Crippen LogP contribution in [-0.4, -0.2) is 16.2 Å². The van der Waals surface area contributed by atoms with Gasteiger partial charge in [0.1, 0.15) is 0 Å². The SMILES string of the molecule is CC1CCCCCC(N(C)I)CCCC1. The summed E-state index contributed by atoms with van der Waals surface area (Å²) in [5.74, 6) is 0.971. The van der Waals surface area contributed by atoms with Gasteiger partial charge in [-0.15, -0.1) is 0 Å². The maximum atomic E-state index is 2.46. The van der Waals surface area contributed by atoms with Gasteiger partial charge in [-0.05, 0) is 25.8 Å². The van der Waals surface area contributed by atoms with Gasteiger partial charge in [0.05, 0.1) is 0 Å². The number of hydrogen-bond donors (Lipinski definition) is 0. The molecule has 0 aromatic rings. The van der Waals surface area contributed by atoms with Crippen molar-refractivity contribution in [3.05, 3.63) is 0 Å². The molecule has 1 fully saturated rings. The van der Waals surface area contributed by atoms with Crippen LogP contribution in [0.3, 0.4) is 0 Å². The van der Waals surface area contributed by atoms with Crippen molar-refractivity contribution in [2.45, 2.75) is 70.8 Å². The molecule has 0 spiro atoms. The monoisotopic (exact) mass is 323 g/mol. The third-order valence-electron chi connectivity index (χ3n) is 3.72. The summed E-state index contributed by atoms with van der Waals surface area (Å²) in [7, 11) is 2.23. The summed E-state index contributed by atoms with van der Waals surface area (Å²) in [5, 5.41) is 0. The van der Waals surface area contributed by atoms with Crippen LogP contribution in [0.25, 0.3) is 0 Å². The topological polar surface area (TPSA) is 3.24 Å². The van der Waals surface area contributed by atoms with Gasteiger partial charge in [-0.1, -0.05) is 51.9 Å². The van der Waals surface area contributed by atoms with E-state index in [0.717, 1.165) is 12.0 Å². The average Bonchev–Trinajstić information content (AvgIpc) is 2.23. The van der Waals surface area contributed by atoms with Crippen molar-refractivity contribution in [2.75, 3.05) is 7.05 Å². The third kappa shape index (κ3) is 6.10. The Labute approximate surface area is 109 Å².